The zero-order valence-electron chi connectivity index (χ0n) is 14.5. The van der Waals surface area contributed by atoms with Gasteiger partial charge >= 0.3 is 0 Å². The lowest BCUT2D eigenvalue weighted by atomic mass is 10.1. The molecular weight excluding hydrogens is 344 g/mol. The number of aromatic amines is 1. The molecule has 1 aromatic carbocycles. The minimum atomic E-state index is -3.43. The van der Waals surface area contributed by atoms with Crippen LogP contribution in [0.2, 0.25) is 0 Å². The Kier molecular flexibility index (Phi) is 7.12. The molecule has 2 N–H and O–H groups in total. The largest absolute Gasteiger partial charge is 0.382 e. The average Bonchev–Trinajstić information content (AvgIpc) is 2.55. The molecule has 25 heavy (non-hydrogen) atoms. The molecular formula is C17H24N2O5S. The number of hydrogen-bond acceptors (Lipinski definition) is 5. The maximum Gasteiger partial charge on any atom is 0.251 e. The van der Waals surface area contributed by atoms with Crippen molar-refractivity contribution in [3.05, 3.63) is 45.7 Å². The Morgan fingerprint density at radius 2 is 1.96 bits per heavy atom. The van der Waals surface area contributed by atoms with Gasteiger partial charge in [-0.15, -0.1) is 0 Å². The highest BCUT2D eigenvalue weighted by atomic mass is 32.2. The Balaban J connectivity index is 1.88. The SMILES string of the molecule is COCCOCCS(=O)(=O)NCCc1cc2ccc(C)cc2[nH]c1=O. The fraction of sp³-hybridized carbons (Fsp3) is 0.471. The van der Waals surface area contributed by atoms with Gasteiger partial charge in [-0.2, -0.15) is 0 Å². The predicted octanol–water partition coefficient (Wildman–Crippen LogP) is 0.961. The number of sulfonamides is 1. The maximum atomic E-state index is 12.1. The summed E-state index contributed by atoms with van der Waals surface area (Å²) in [6.45, 7) is 3.02. The highest BCUT2D eigenvalue weighted by Crippen LogP contribution is 2.13. The Morgan fingerprint density at radius 1 is 1.16 bits per heavy atom. The van der Waals surface area contributed by atoms with E-state index in [1.807, 2.05) is 25.1 Å². The second-order valence-corrected chi connectivity index (χ2v) is 7.71. The number of hydrogen-bond donors (Lipinski definition) is 2. The molecule has 0 spiro atoms. The smallest absolute Gasteiger partial charge is 0.251 e. The van der Waals surface area contributed by atoms with Gasteiger partial charge < -0.3 is 14.5 Å². The number of H-pyrrole nitrogens is 1. The number of rotatable bonds is 10. The van der Waals surface area contributed by atoms with Gasteiger partial charge in [0.1, 0.15) is 0 Å². The van der Waals surface area contributed by atoms with Gasteiger partial charge in [-0.1, -0.05) is 12.1 Å². The summed E-state index contributed by atoms with van der Waals surface area (Å²) >= 11 is 0. The maximum absolute atomic E-state index is 12.1. The summed E-state index contributed by atoms with van der Waals surface area (Å²) in [7, 11) is -1.88. The minimum absolute atomic E-state index is 0.106. The van der Waals surface area contributed by atoms with E-state index in [1.54, 1.807) is 13.2 Å². The molecule has 2 aromatic rings. The quantitative estimate of drug-likeness (QED) is 0.609. The summed E-state index contributed by atoms with van der Waals surface area (Å²) in [4.78, 5) is 14.9. The van der Waals surface area contributed by atoms with Crippen LogP contribution in [0, 0.1) is 6.92 Å². The summed E-state index contributed by atoms with van der Waals surface area (Å²) in [5.41, 5.74) is 2.20. The van der Waals surface area contributed by atoms with Crippen molar-refractivity contribution < 1.29 is 17.9 Å². The topological polar surface area (TPSA) is 97.5 Å². The number of pyridine rings is 1. The Morgan fingerprint density at radius 3 is 2.72 bits per heavy atom. The summed E-state index contributed by atoms with van der Waals surface area (Å²) in [5.74, 6) is -0.121. The molecule has 138 valence electrons. The minimum Gasteiger partial charge on any atom is -0.382 e. The third kappa shape index (κ3) is 6.24. The Hall–Kier alpha value is -1.74. The van der Waals surface area contributed by atoms with E-state index in [0.717, 1.165) is 16.5 Å². The van der Waals surface area contributed by atoms with E-state index in [-0.39, 0.29) is 24.5 Å². The molecule has 0 bridgehead atoms. The first-order valence-corrected chi connectivity index (χ1v) is 9.73. The van der Waals surface area contributed by atoms with Gasteiger partial charge in [0.15, 0.2) is 0 Å². The molecule has 0 aliphatic heterocycles. The normalized spacial score (nSPS) is 11.9. The lowest BCUT2D eigenvalue weighted by molar-refractivity contribution is 0.0784. The third-order valence-corrected chi connectivity index (χ3v) is 5.07. The summed E-state index contributed by atoms with van der Waals surface area (Å²) in [6, 6.07) is 7.62. The van der Waals surface area contributed by atoms with Gasteiger partial charge in [-0.25, -0.2) is 13.1 Å². The van der Waals surface area contributed by atoms with E-state index in [1.165, 1.54) is 0 Å². The number of benzene rings is 1. The van der Waals surface area contributed by atoms with Gasteiger partial charge in [0.25, 0.3) is 5.56 Å². The third-order valence-electron chi connectivity index (χ3n) is 3.72. The molecule has 1 aromatic heterocycles. The monoisotopic (exact) mass is 368 g/mol. The number of fused-ring (bicyclic) bond motifs is 1. The molecule has 7 nitrogen and oxygen atoms in total. The Bertz CT molecular complexity index is 861. The molecule has 0 aliphatic carbocycles. The molecule has 0 saturated carbocycles. The van der Waals surface area contributed by atoms with Gasteiger partial charge in [0.05, 0.1) is 25.6 Å². The molecule has 0 aliphatic rings. The summed E-state index contributed by atoms with van der Waals surface area (Å²) in [5, 5.41) is 0.926. The first kappa shape index (κ1) is 19.6. The Labute approximate surface area is 147 Å². The van der Waals surface area contributed by atoms with E-state index < -0.39 is 10.0 Å². The molecule has 0 fully saturated rings. The van der Waals surface area contributed by atoms with Crippen LogP contribution in [0.3, 0.4) is 0 Å². The highest BCUT2D eigenvalue weighted by Gasteiger charge is 2.10. The van der Waals surface area contributed by atoms with Gasteiger partial charge in [0.2, 0.25) is 10.0 Å². The molecule has 0 radical (unpaired) electrons. The first-order valence-electron chi connectivity index (χ1n) is 8.08. The number of methoxy groups -OCH3 is 1. The van der Waals surface area contributed by atoms with Crippen molar-refractivity contribution in [3.63, 3.8) is 0 Å². The molecule has 0 amide bonds. The standard InChI is InChI=1S/C17H24N2O5S/c1-13-3-4-14-12-15(17(20)19-16(14)11-13)5-6-18-25(21,22)10-9-24-8-7-23-2/h3-4,11-12,18H,5-10H2,1-2H3,(H,19,20). The lowest BCUT2D eigenvalue weighted by Crippen LogP contribution is -2.31. The fourth-order valence-corrected chi connectivity index (χ4v) is 3.27. The van der Waals surface area contributed by atoms with E-state index >= 15 is 0 Å². The number of aryl methyl sites for hydroxylation is 1. The van der Waals surface area contributed by atoms with Crippen LogP contribution in [0.15, 0.2) is 29.1 Å². The highest BCUT2D eigenvalue weighted by molar-refractivity contribution is 7.89. The van der Waals surface area contributed by atoms with Gasteiger partial charge in [-0.05, 0) is 36.4 Å². The van der Waals surface area contributed by atoms with Gasteiger partial charge in [-0.3, -0.25) is 4.79 Å². The van der Waals surface area contributed by atoms with Crippen LogP contribution in [0.5, 0.6) is 0 Å². The van der Waals surface area contributed by atoms with Crippen LogP contribution in [0.1, 0.15) is 11.1 Å². The fourth-order valence-electron chi connectivity index (χ4n) is 2.37. The molecule has 2 rings (SSSR count). The van der Waals surface area contributed by atoms with E-state index in [4.69, 9.17) is 9.47 Å². The van der Waals surface area contributed by atoms with Crippen molar-refractivity contribution in [2.24, 2.45) is 0 Å². The van der Waals surface area contributed by atoms with E-state index in [9.17, 15) is 13.2 Å². The molecule has 0 saturated heterocycles. The molecule has 8 heteroatoms. The van der Waals surface area contributed by atoms with Crippen LogP contribution >= 0.6 is 0 Å². The van der Waals surface area contributed by atoms with Crippen molar-refractivity contribution in [2.75, 3.05) is 39.2 Å². The number of aromatic nitrogens is 1. The second kappa shape index (κ2) is 9.10. The summed E-state index contributed by atoms with van der Waals surface area (Å²) in [6.07, 6.45) is 0.322. The van der Waals surface area contributed by atoms with Crippen molar-refractivity contribution in [2.45, 2.75) is 13.3 Å². The van der Waals surface area contributed by atoms with Crippen molar-refractivity contribution in [3.8, 4) is 0 Å². The number of nitrogens with one attached hydrogen (secondary N) is 2. The van der Waals surface area contributed by atoms with Crippen LogP contribution in [-0.4, -0.2) is 52.6 Å². The van der Waals surface area contributed by atoms with Crippen molar-refractivity contribution >= 4 is 20.9 Å². The lowest BCUT2D eigenvalue weighted by Gasteiger charge is -2.08. The molecule has 0 unspecified atom stereocenters. The van der Waals surface area contributed by atoms with Crippen molar-refractivity contribution in [1.29, 1.82) is 0 Å². The van der Waals surface area contributed by atoms with Crippen LogP contribution in [0.4, 0.5) is 0 Å². The average molecular weight is 368 g/mol. The predicted molar refractivity (Wildman–Crippen MR) is 97.5 cm³/mol. The zero-order valence-corrected chi connectivity index (χ0v) is 15.3. The van der Waals surface area contributed by atoms with Crippen LogP contribution in [-0.2, 0) is 25.9 Å². The van der Waals surface area contributed by atoms with Crippen LogP contribution < -0.4 is 10.3 Å². The van der Waals surface area contributed by atoms with Crippen LogP contribution in [0.25, 0.3) is 10.9 Å². The van der Waals surface area contributed by atoms with Gasteiger partial charge in [0, 0.05) is 24.7 Å². The zero-order chi connectivity index (χ0) is 18.3. The van der Waals surface area contributed by atoms with Crippen molar-refractivity contribution in [1.82, 2.24) is 9.71 Å². The first-order chi connectivity index (χ1) is 11.9. The molecule has 0 atom stereocenters. The summed E-state index contributed by atoms with van der Waals surface area (Å²) < 4.78 is 36.2. The second-order valence-electron chi connectivity index (χ2n) is 5.78. The van der Waals surface area contributed by atoms with E-state index in [0.29, 0.717) is 25.2 Å². The molecule has 1 heterocycles. The number of ether oxygens (including phenoxy) is 2. The van der Waals surface area contributed by atoms with E-state index in [2.05, 4.69) is 9.71 Å².